The van der Waals surface area contributed by atoms with E-state index in [1.54, 1.807) is 31.2 Å². The molecule has 0 amide bonds. The molecule has 166 valence electrons. The van der Waals surface area contributed by atoms with Crippen molar-refractivity contribution in [2.24, 2.45) is 0 Å². The molecule has 8 nitrogen and oxygen atoms in total. The Morgan fingerprint density at radius 3 is 2.58 bits per heavy atom. The topological polar surface area (TPSA) is 101 Å². The van der Waals surface area contributed by atoms with Crippen molar-refractivity contribution >= 4 is 21.6 Å². The second-order valence-electron chi connectivity index (χ2n) is 7.95. The van der Waals surface area contributed by atoms with Gasteiger partial charge in [-0.25, -0.2) is 8.42 Å². The van der Waals surface area contributed by atoms with Crippen LogP contribution in [0.2, 0.25) is 0 Å². The Labute approximate surface area is 181 Å². The molecule has 1 unspecified atom stereocenters. The van der Waals surface area contributed by atoms with E-state index in [0.29, 0.717) is 48.0 Å². The van der Waals surface area contributed by atoms with Crippen LogP contribution in [0.25, 0.3) is 0 Å². The number of hydrogen-bond acceptors (Lipinski definition) is 7. The van der Waals surface area contributed by atoms with E-state index in [4.69, 9.17) is 14.2 Å². The number of ether oxygens (including phenoxy) is 3. The fourth-order valence-electron chi connectivity index (χ4n) is 4.24. The number of fused-ring (bicyclic) bond motifs is 1. The normalized spacial score (nSPS) is 19.2. The number of aromatic nitrogens is 1. The molecular formula is C22H25NO7S. The predicted molar refractivity (Wildman–Crippen MR) is 113 cm³/mol. The number of carbonyl (C=O) groups is 2. The number of esters is 1. The van der Waals surface area contributed by atoms with Gasteiger partial charge in [0.15, 0.2) is 27.9 Å². The van der Waals surface area contributed by atoms with Gasteiger partial charge in [-0.3, -0.25) is 9.59 Å². The molecule has 2 aromatic rings. The number of carbonyl (C=O) groups excluding carboxylic acids is 2. The Kier molecular flexibility index (Phi) is 5.79. The number of hydrogen-bond donors (Lipinski definition) is 0. The van der Waals surface area contributed by atoms with Crippen LogP contribution < -0.4 is 9.47 Å². The summed E-state index contributed by atoms with van der Waals surface area (Å²) in [6.07, 6.45) is 0.555. The van der Waals surface area contributed by atoms with Crippen molar-refractivity contribution < 1.29 is 32.2 Å². The van der Waals surface area contributed by atoms with E-state index in [2.05, 4.69) is 0 Å². The second-order valence-corrected chi connectivity index (χ2v) is 10.2. The minimum absolute atomic E-state index is 0.0167. The Morgan fingerprint density at radius 2 is 1.87 bits per heavy atom. The molecule has 0 bridgehead atoms. The minimum atomic E-state index is -3.04. The van der Waals surface area contributed by atoms with Crippen LogP contribution in [0.4, 0.5) is 0 Å². The average molecular weight is 448 g/mol. The van der Waals surface area contributed by atoms with Crippen LogP contribution in [-0.4, -0.2) is 56.1 Å². The Morgan fingerprint density at radius 1 is 1.13 bits per heavy atom. The molecule has 1 saturated heterocycles. The lowest BCUT2D eigenvalue weighted by Crippen LogP contribution is -2.18. The van der Waals surface area contributed by atoms with Crippen LogP contribution in [0.15, 0.2) is 24.3 Å². The molecule has 0 radical (unpaired) electrons. The molecule has 9 heteroatoms. The molecule has 2 aliphatic rings. The highest BCUT2D eigenvalue weighted by Gasteiger charge is 2.31. The van der Waals surface area contributed by atoms with Gasteiger partial charge in [0.2, 0.25) is 5.78 Å². The molecule has 2 aliphatic heterocycles. The van der Waals surface area contributed by atoms with E-state index < -0.39 is 15.8 Å². The van der Waals surface area contributed by atoms with Gasteiger partial charge in [0.05, 0.1) is 17.9 Å². The first-order valence-electron chi connectivity index (χ1n) is 10.2. The van der Waals surface area contributed by atoms with Gasteiger partial charge >= 0.3 is 5.97 Å². The standard InChI is InChI=1S/C22H25NO7S/c1-14-9-18(15(2)23(14)17-5-8-31(26,27)13-17)19(24)12-30-22(25)11-16-3-4-20-21(10-16)29-7-6-28-20/h3-4,9-10,17H,5-8,11-13H2,1-2H3. The summed E-state index contributed by atoms with van der Waals surface area (Å²) in [4.78, 5) is 24.9. The van der Waals surface area contributed by atoms with Crippen molar-refractivity contribution in [2.75, 3.05) is 31.3 Å². The van der Waals surface area contributed by atoms with Crippen molar-refractivity contribution in [3.63, 3.8) is 0 Å². The maximum absolute atomic E-state index is 12.7. The summed E-state index contributed by atoms with van der Waals surface area (Å²) in [5.41, 5.74) is 2.69. The fraction of sp³-hybridized carbons (Fsp3) is 0.455. The maximum atomic E-state index is 12.7. The first-order chi connectivity index (χ1) is 14.7. The van der Waals surface area contributed by atoms with Crippen LogP contribution in [0.1, 0.15) is 39.8 Å². The van der Waals surface area contributed by atoms with Gasteiger partial charge in [-0.15, -0.1) is 0 Å². The molecule has 4 rings (SSSR count). The summed E-state index contributed by atoms with van der Waals surface area (Å²) in [5, 5.41) is 0. The molecule has 0 spiro atoms. The van der Waals surface area contributed by atoms with Gasteiger partial charge in [0.25, 0.3) is 0 Å². The van der Waals surface area contributed by atoms with Crippen molar-refractivity contribution in [2.45, 2.75) is 32.7 Å². The highest BCUT2D eigenvalue weighted by Crippen LogP contribution is 2.31. The van der Waals surface area contributed by atoms with E-state index >= 15 is 0 Å². The number of sulfone groups is 1. The van der Waals surface area contributed by atoms with Crippen LogP contribution in [0.5, 0.6) is 11.5 Å². The lowest BCUT2D eigenvalue weighted by Gasteiger charge is -2.18. The Hall–Kier alpha value is -2.81. The van der Waals surface area contributed by atoms with Crippen molar-refractivity contribution in [1.82, 2.24) is 4.57 Å². The zero-order valence-electron chi connectivity index (χ0n) is 17.5. The second kappa shape index (κ2) is 8.37. The third-order valence-corrected chi connectivity index (χ3v) is 7.43. The van der Waals surface area contributed by atoms with Crippen LogP contribution >= 0.6 is 0 Å². The third kappa shape index (κ3) is 4.61. The summed E-state index contributed by atoms with van der Waals surface area (Å²) < 4.78 is 41.8. The minimum Gasteiger partial charge on any atom is -0.486 e. The van der Waals surface area contributed by atoms with Gasteiger partial charge < -0.3 is 18.8 Å². The molecule has 0 N–H and O–H groups in total. The molecule has 0 aliphatic carbocycles. The van der Waals surface area contributed by atoms with E-state index in [-0.39, 0.29) is 36.4 Å². The highest BCUT2D eigenvalue weighted by molar-refractivity contribution is 7.91. The molecule has 1 atom stereocenters. The Bertz CT molecular complexity index is 1130. The zero-order valence-corrected chi connectivity index (χ0v) is 18.4. The summed E-state index contributed by atoms with van der Waals surface area (Å²) in [6, 6.07) is 6.82. The molecule has 3 heterocycles. The number of benzene rings is 1. The molecular weight excluding hydrogens is 422 g/mol. The van der Waals surface area contributed by atoms with Crippen LogP contribution in [-0.2, 0) is 25.8 Å². The lowest BCUT2D eigenvalue weighted by atomic mass is 10.1. The molecule has 0 saturated carbocycles. The van der Waals surface area contributed by atoms with E-state index in [0.717, 1.165) is 5.69 Å². The molecule has 1 aromatic carbocycles. The number of Topliss-reactive ketones (excluding diaryl/α,β-unsaturated/α-hetero) is 1. The van der Waals surface area contributed by atoms with Crippen molar-refractivity contribution in [3.8, 4) is 11.5 Å². The largest absolute Gasteiger partial charge is 0.486 e. The molecule has 1 fully saturated rings. The maximum Gasteiger partial charge on any atom is 0.310 e. The summed E-state index contributed by atoms with van der Waals surface area (Å²) >= 11 is 0. The van der Waals surface area contributed by atoms with Crippen LogP contribution in [0.3, 0.4) is 0 Å². The van der Waals surface area contributed by atoms with Gasteiger partial charge in [-0.1, -0.05) is 6.07 Å². The number of aryl methyl sites for hydroxylation is 1. The molecule has 31 heavy (non-hydrogen) atoms. The van der Waals surface area contributed by atoms with Crippen molar-refractivity contribution in [1.29, 1.82) is 0 Å². The number of nitrogens with zero attached hydrogens (tertiary/aromatic N) is 1. The zero-order chi connectivity index (χ0) is 22.2. The highest BCUT2D eigenvalue weighted by atomic mass is 32.2. The summed E-state index contributed by atoms with van der Waals surface area (Å²) in [5.74, 6) is 0.658. The number of rotatable bonds is 6. The van der Waals surface area contributed by atoms with E-state index in [1.165, 1.54) is 0 Å². The van der Waals surface area contributed by atoms with Gasteiger partial charge in [-0.05, 0) is 44.0 Å². The van der Waals surface area contributed by atoms with Crippen LogP contribution in [0, 0.1) is 13.8 Å². The smallest absolute Gasteiger partial charge is 0.310 e. The first-order valence-corrected chi connectivity index (χ1v) is 12.0. The van der Waals surface area contributed by atoms with Crippen molar-refractivity contribution in [3.05, 3.63) is 46.8 Å². The van der Waals surface area contributed by atoms with Gasteiger partial charge in [-0.2, -0.15) is 0 Å². The van der Waals surface area contributed by atoms with Gasteiger partial charge in [0, 0.05) is 23.0 Å². The van der Waals surface area contributed by atoms with Gasteiger partial charge in [0.1, 0.15) is 13.2 Å². The first kappa shape index (κ1) is 21.4. The lowest BCUT2D eigenvalue weighted by molar-refractivity contribution is -0.141. The fourth-order valence-corrected chi connectivity index (χ4v) is 5.94. The number of ketones is 1. The third-order valence-electron chi connectivity index (χ3n) is 5.68. The predicted octanol–water partition coefficient (Wildman–Crippen LogP) is 2.20. The quantitative estimate of drug-likeness (QED) is 0.494. The summed E-state index contributed by atoms with van der Waals surface area (Å²) in [6.45, 7) is 4.23. The SMILES string of the molecule is Cc1cc(C(=O)COC(=O)Cc2ccc3c(c2)OCCO3)c(C)n1C1CCS(=O)(=O)C1. The average Bonchev–Trinajstić information content (AvgIpc) is 3.23. The van der Waals surface area contributed by atoms with E-state index in [9.17, 15) is 18.0 Å². The summed E-state index contributed by atoms with van der Waals surface area (Å²) in [7, 11) is -3.04. The monoisotopic (exact) mass is 447 g/mol. The molecule has 1 aromatic heterocycles. The Balaban J connectivity index is 1.38. The van der Waals surface area contributed by atoms with E-state index in [1.807, 2.05) is 11.5 Å².